The maximum Gasteiger partial charge on any atom is 0.160 e. The normalized spacial score (nSPS) is 11.8. The van der Waals surface area contributed by atoms with Crippen molar-refractivity contribution in [3.8, 4) is 16.8 Å². The second-order valence-corrected chi connectivity index (χ2v) is 13.7. The molecule has 2 aromatic heterocycles. The molecular formula is C50H32N2O. The van der Waals surface area contributed by atoms with Crippen LogP contribution in [0.2, 0.25) is 0 Å². The van der Waals surface area contributed by atoms with E-state index in [0.29, 0.717) is 0 Å². The number of nitrogens with zero attached hydrogens (tertiary/aromatic N) is 2. The molecule has 3 nitrogen and oxygen atoms in total. The lowest BCUT2D eigenvalue weighted by atomic mass is 9.98. The molecule has 0 N–H and O–H groups in total. The highest BCUT2D eigenvalue weighted by atomic mass is 16.3. The van der Waals surface area contributed by atoms with Crippen LogP contribution in [-0.2, 0) is 0 Å². The fraction of sp³-hybridized carbons (Fsp3) is 0. The molecule has 9 aromatic carbocycles. The number of hydrogen-bond donors (Lipinski definition) is 0. The lowest BCUT2D eigenvalue weighted by Crippen LogP contribution is -2.10. The predicted octanol–water partition coefficient (Wildman–Crippen LogP) is 14.1. The maximum absolute atomic E-state index is 7.22. The molecular weight excluding hydrogens is 645 g/mol. The Hall–Kier alpha value is -7.10. The van der Waals surface area contributed by atoms with Gasteiger partial charge in [-0.05, 0) is 87.8 Å². The van der Waals surface area contributed by atoms with Gasteiger partial charge in [-0.2, -0.15) is 0 Å². The summed E-state index contributed by atoms with van der Waals surface area (Å²) in [6, 6.07) is 69.5. The molecule has 248 valence electrons. The highest BCUT2D eigenvalue weighted by Gasteiger charge is 2.23. The zero-order valence-corrected chi connectivity index (χ0v) is 28.8. The molecule has 0 bridgehead atoms. The molecule has 2 heterocycles. The number of benzene rings is 9. The molecule has 0 unspecified atom stereocenters. The first kappa shape index (κ1) is 29.6. The van der Waals surface area contributed by atoms with Crippen LogP contribution in [0.5, 0.6) is 0 Å². The Morgan fingerprint density at radius 3 is 1.92 bits per heavy atom. The van der Waals surface area contributed by atoms with Crippen LogP contribution in [0.15, 0.2) is 199 Å². The average molecular weight is 677 g/mol. The van der Waals surface area contributed by atoms with Gasteiger partial charge in [0.1, 0.15) is 5.58 Å². The third kappa shape index (κ3) is 4.61. The van der Waals surface area contributed by atoms with Crippen LogP contribution in [0.25, 0.3) is 82.1 Å². The monoisotopic (exact) mass is 676 g/mol. The minimum Gasteiger partial charge on any atom is -0.453 e. The van der Waals surface area contributed by atoms with Crippen molar-refractivity contribution in [1.82, 2.24) is 4.57 Å². The third-order valence-electron chi connectivity index (χ3n) is 10.7. The van der Waals surface area contributed by atoms with Crippen LogP contribution in [0.1, 0.15) is 0 Å². The van der Waals surface area contributed by atoms with Gasteiger partial charge in [0.2, 0.25) is 0 Å². The van der Waals surface area contributed by atoms with E-state index in [1.54, 1.807) is 0 Å². The van der Waals surface area contributed by atoms with Crippen molar-refractivity contribution in [3.05, 3.63) is 194 Å². The summed E-state index contributed by atoms with van der Waals surface area (Å²) in [5, 5.41) is 9.42. The van der Waals surface area contributed by atoms with Gasteiger partial charge >= 0.3 is 0 Å². The molecule has 0 aliphatic rings. The van der Waals surface area contributed by atoms with Crippen LogP contribution in [-0.4, -0.2) is 4.57 Å². The minimum atomic E-state index is 0.866. The van der Waals surface area contributed by atoms with Gasteiger partial charge < -0.3 is 13.9 Å². The number of rotatable bonds is 5. The van der Waals surface area contributed by atoms with Crippen LogP contribution < -0.4 is 4.90 Å². The van der Waals surface area contributed by atoms with Gasteiger partial charge in [-0.15, -0.1) is 0 Å². The van der Waals surface area contributed by atoms with Crippen LogP contribution >= 0.6 is 0 Å². The Bertz CT molecular complexity index is 3170. The van der Waals surface area contributed by atoms with Gasteiger partial charge in [-0.1, -0.05) is 133 Å². The van der Waals surface area contributed by atoms with E-state index < -0.39 is 0 Å². The molecule has 0 saturated heterocycles. The van der Waals surface area contributed by atoms with Crippen molar-refractivity contribution >= 4 is 82.4 Å². The lowest BCUT2D eigenvalue weighted by Gasteiger charge is -2.26. The SMILES string of the molecule is c1ccc(N(c2ccc3ccccc3c2)c2cc3ccccc3c3c2oc2c(-c4ccc5c(c4)c4ccccc4n5-c4ccccc4)cccc23)cc1. The quantitative estimate of drug-likeness (QED) is 0.181. The summed E-state index contributed by atoms with van der Waals surface area (Å²) in [6.07, 6.45) is 0. The van der Waals surface area contributed by atoms with Gasteiger partial charge in [0.15, 0.2) is 5.58 Å². The first-order valence-electron chi connectivity index (χ1n) is 18.1. The van der Waals surface area contributed by atoms with E-state index in [4.69, 9.17) is 4.42 Å². The summed E-state index contributed by atoms with van der Waals surface area (Å²) in [6.45, 7) is 0. The first-order chi connectivity index (χ1) is 26.3. The summed E-state index contributed by atoms with van der Waals surface area (Å²) in [5.74, 6) is 0. The molecule has 0 aliphatic heterocycles. The summed E-state index contributed by atoms with van der Waals surface area (Å²) in [4.78, 5) is 2.34. The van der Waals surface area contributed by atoms with Gasteiger partial charge in [-0.25, -0.2) is 0 Å². The number of aromatic nitrogens is 1. The second-order valence-electron chi connectivity index (χ2n) is 13.7. The predicted molar refractivity (Wildman–Crippen MR) is 223 cm³/mol. The minimum absolute atomic E-state index is 0.866. The van der Waals surface area contributed by atoms with E-state index in [9.17, 15) is 0 Å². The van der Waals surface area contributed by atoms with Crippen molar-refractivity contribution in [2.75, 3.05) is 4.90 Å². The smallest absolute Gasteiger partial charge is 0.160 e. The van der Waals surface area contributed by atoms with Crippen molar-refractivity contribution in [3.63, 3.8) is 0 Å². The Morgan fingerprint density at radius 2 is 1.08 bits per heavy atom. The van der Waals surface area contributed by atoms with Gasteiger partial charge in [0.25, 0.3) is 0 Å². The highest BCUT2D eigenvalue weighted by molar-refractivity contribution is 6.24. The van der Waals surface area contributed by atoms with E-state index in [0.717, 1.165) is 55.8 Å². The highest BCUT2D eigenvalue weighted by Crippen LogP contribution is 2.48. The number of fused-ring (bicyclic) bond motifs is 9. The van der Waals surface area contributed by atoms with Gasteiger partial charge in [0.05, 0.1) is 16.7 Å². The van der Waals surface area contributed by atoms with E-state index in [1.807, 2.05) is 0 Å². The molecule has 0 spiro atoms. The molecule has 0 amide bonds. The fourth-order valence-electron chi connectivity index (χ4n) is 8.34. The average Bonchev–Trinajstić information content (AvgIpc) is 3.78. The molecule has 11 rings (SSSR count). The van der Waals surface area contributed by atoms with E-state index in [1.165, 1.54) is 43.4 Å². The molecule has 0 aliphatic carbocycles. The van der Waals surface area contributed by atoms with Gasteiger partial charge in [0, 0.05) is 44.2 Å². The number of para-hydroxylation sites is 4. The molecule has 0 atom stereocenters. The van der Waals surface area contributed by atoms with Crippen LogP contribution in [0.4, 0.5) is 17.1 Å². The number of anilines is 3. The zero-order chi connectivity index (χ0) is 34.9. The van der Waals surface area contributed by atoms with E-state index in [-0.39, 0.29) is 0 Å². The van der Waals surface area contributed by atoms with Crippen molar-refractivity contribution in [1.29, 1.82) is 0 Å². The Labute approximate surface area is 306 Å². The standard InChI is InChI=1S/C50H32N2O/c1-3-17-37(18-4-1)51(39-28-26-33-14-7-8-15-34(33)30-39)47-32-35-16-9-10-21-40(35)48-43-24-13-23-41(49(43)53-50(47)48)36-27-29-46-44(31-36)42-22-11-12-25-45(42)52(46)38-19-5-2-6-20-38/h1-32H. The first-order valence-corrected chi connectivity index (χ1v) is 18.1. The van der Waals surface area contributed by atoms with E-state index in [2.05, 4.69) is 204 Å². The number of furan rings is 1. The van der Waals surface area contributed by atoms with Crippen LogP contribution in [0, 0.1) is 0 Å². The lowest BCUT2D eigenvalue weighted by molar-refractivity contribution is 0.670. The topological polar surface area (TPSA) is 21.3 Å². The zero-order valence-electron chi connectivity index (χ0n) is 28.8. The van der Waals surface area contributed by atoms with Crippen LogP contribution in [0.3, 0.4) is 0 Å². The fourth-order valence-corrected chi connectivity index (χ4v) is 8.34. The summed E-state index contributed by atoms with van der Waals surface area (Å²) >= 11 is 0. The molecule has 0 radical (unpaired) electrons. The maximum atomic E-state index is 7.22. The molecule has 0 saturated carbocycles. The Balaban J connectivity index is 1.18. The van der Waals surface area contributed by atoms with E-state index >= 15 is 0 Å². The summed E-state index contributed by atoms with van der Waals surface area (Å²) in [7, 11) is 0. The molecule has 11 aromatic rings. The number of hydrogen-bond acceptors (Lipinski definition) is 2. The van der Waals surface area contributed by atoms with Crippen molar-refractivity contribution < 1.29 is 4.42 Å². The van der Waals surface area contributed by atoms with Crippen molar-refractivity contribution in [2.45, 2.75) is 0 Å². The molecule has 0 fully saturated rings. The summed E-state index contributed by atoms with van der Waals surface area (Å²) in [5.41, 5.74) is 10.6. The molecule has 53 heavy (non-hydrogen) atoms. The Kier molecular flexibility index (Phi) is 6.55. The Morgan fingerprint density at radius 1 is 0.396 bits per heavy atom. The second kappa shape index (κ2) is 11.7. The molecule has 3 heteroatoms. The third-order valence-corrected chi connectivity index (χ3v) is 10.7. The summed E-state index contributed by atoms with van der Waals surface area (Å²) < 4.78 is 9.58. The van der Waals surface area contributed by atoms with Crippen molar-refractivity contribution in [2.24, 2.45) is 0 Å². The largest absolute Gasteiger partial charge is 0.453 e. The van der Waals surface area contributed by atoms with Gasteiger partial charge in [-0.3, -0.25) is 0 Å².